The maximum atomic E-state index is 13.8. The van der Waals surface area contributed by atoms with Crippen LogP contribution in [0, 0.1) is 11.7 Å². The summed E-state index contributed by atoms with van der Waals surface area (Å²) in [4.78, 5) is 2.43. The quantitative estimate of drug-likeness (QED) is 0.919. The molecule has 0 aromatic heterocycles. The molecule has 0 amide bonds. The Bertz CT molecular complexity index is 436. The molecule has 4 heteroatoms. The molecule has 2 nitrogen and oxygen atoms in total. The smallest absolute Gasteiger partial charge is 0.127 e. The molecule has 0 spiro atoms. The third-order valence-electron chi connectivity index (χ3n) is 4.15. The molecule has 1 aromatic rings. The van der Waals surface area contributed by atoms with Gasteiger partial charge in [0.15, 0.2) is 0 Å². The molecule has 0 saturated carbocycles. The second-order valence-electron chi connectivity index (χ2n) is 5.69. The van der Waals surface area contributed by atoms with Gasteiger partial charge in [-0.2, -0.15) is 0 Å². The zero-order valence-electron chi connectivity index (χ0n) is 11.6. The van der Waals surface area contributed by atoms with Gasteiger partial charge in [-0.15, -0.1) is 0 Å². The third kappa shape index (κ3) is 3.77. The Labute approximate surface area is 123 Å². The Hall–Kier alpha value is -0.450. The van der Waals surface area contributed by atoms with Crippen LogP contribution < -0.4 is 5.73 Å². The summed E-state index contributed by atoms with van der Waals surface area (Å²) >= 11 is 3.29. The zero-order valence-corrected chi connectivity index (χ0v) is 13.2. The minimum absolute atomic E-state index is 0.121. The number of hydrogen-bond acceptors (Lipinski definition) is 2. The first-order valence-electron chi connectivity index (χ1n) is 6.91. The van der Waals surface area contributed by atoms with Gasteiger partial charge in [0.25, 0.3) is 0 Å². The molecule has 1 heterocycles. The van der Waals surface area contributed by atoms with Gasteiger partial charge in [0.05, 0.1) is 0 Å². The van der Waals surface area contributed by atoms with Crippen molar-refractivity contribution in [1.29, 1.82) is 0 Å². The Morgan fingerprint density at radius 1 is 1.47 bits per heavy atom. The first kappa shape index (κ1) is 14.9. The predicted molar refractivity (Wildman–Crippen MR) is 80.6 cm³/mol. The summed E-state index contributed by atoms with van der Waals surface area (Å²) in [5, 5.41) is 0. The van der Waals surface area contributed by atoms with Crippen LogP contribution in [0.4, 0.5) is 4.39 Å². The van der Waals surface area contributed by atoms with Crippen LogP contribution >= 0.6 is 15.9 Å². The summed E-state index contributed by atoms with van der Waals surface area (Å²) in [7, 11) is 0. The molecule has 1 aliphatic heterocycles. The Kier molecular flexibility index (Phi) is 4.98. The molecule has 0 radical (unpaired) electrons. The van der Waals surface area contributed by atoms with E-state index in [2.05, 4.69) is 34.7 Å². The van der Waals surface area contributed by atoms with Crippen molar-refractivity contribution in [2.75, 3.05) is 13.1 Å². The van der Waals surface area contributed by atoms with E-state index in [1.54, 1.807) is 0 Å². The first-order chi connectivity index (χ1) is 8.97. The first-order valence-corrected chi connectivity index (χ1v) is 7.70. The predicted octanol–water partition coefficient (Wildman–Crippen LogP) is 3.19. The molecule has 0 bridgehead atoms. The van der Waals surface area contributed by atoms with Crippen LogP contribution in [0.1, 0.15) is 25.8 Å². The lowest BCUT2D eigenvalue weighted by molar-refractivity contribution is 0.242. The fourth-order valence-corrected chi connectivity index (χ4v) is 3.11. The fraction of sp³-hybridized carbons (Fsp3) is 0.600. The van der Waals surface area contributed by atoms with Crippen LogP contribution in [-0.2, 0) is 6.42 Å². The zero-order chi connectivity index (χ0) is 14.0. The van der Waals surface area contributed by atoms with Gasteiger partial charge in [-0.25, -0.2) is 4.39 Å². The van der Waals surface area contributed by atoms with E-state index in [0.29, 0.717) is 12.0 Å². The van der Waals surface area contributed by atoms with E-state index in [1.807, 2.05) is 12.1 Å². The second-order valence-corrected chi connectivity index (χ2v) is 6.61. The Balaban J connectivity index is 1.96. The summed E-state index contributed by atoms with van der Waals surface area (Å²) in [6, 6.07) is 5.92. The number of nitrogens with two attached hydrogens (primary N) is 1. The van der Waals surface area contributed by atoms with Crippen LogP contribution in [0.15, 0.2) is 22.7 Å². The normalized spacial score (nSPS) is 23.5. The monoisotopic (exact) mass is 328 g/mol. The summed E-state index contributed by atoms with van der Waals surface area (Å²) < 4.78 is 14.6. The van der Waals surface area contributed by atoms with Crippen molar-refractivity contribution in [2.24, 2.45) is 11.7 Å². The van der Waals surface area contributed by atoms with E-state index in [9.17, 15) is 4.39 Å². The number of rotatable bonds is 4. The highest BCUT2D eigenvalue weighted by molar-refractivity contribution is 9.10. The Morgan fingerprint density at radius 2 is 2.21 bits per heavy atom. The lowest BCUT2D eigenvalue weighted by Gasteiger charge is -2.25. The molecule has 2 rings (SSSR count). The SMILES string of the molecule is C[C@H](N)[C@@H]1CCN([C@@H](C)Cc2ccc(Br)cc2F)C1. The molecule has 19 heavy (non-hydrogen) atoms. The highest BCUT2D eigenvalue weighted by atomic mass is 79.9. The van der Waals surface area contributed by atoms with Crippen LogP contribution in [0.2, 0.25) is 0 Å². The largest absolute Gasteiger partial charge is 0.328 e. The third-order valence-corrected chi connectivity index (χ3v) is 4.65. The standard InChI is InChI=1S/C15H22BrFN2/c1-10(19-6-5-13(9-19)11(2)18)7-12-3-4-14(16)8-15(12)17/h3-4,8,10-11,13H,5-7,9,18H2,1-2H3/t10-,11-,13+/m0/s1. The highest BCUT2D eigenvalue weighted by Crippen LogP contribution is 2.23. The van der Waals surface area contributed by atoms with Crippen LogP contribution in [-0.4, -0.2) is 30.1 Å². The summed E-state index contributed by atoms with van der Waals surface area (Å²) in [6.45, 7) is 6.36. The van der Waals surface area contributed by atoms with Crippen molar-refractivity contribution >= 4 is 15.9 Å². The maximum Gasteiger partial charge on any atom is 0.127 e. The van der Waals surface area contributed by atoms with E-state index >= 15 is 0 Å². The second kappa shape index (κ2) is 6.33. The van der Waals surface area contributed by atoms with Gasteiger partial charge < -0.3 is 5.73 Å². The van der Waals surface area contributed by atoms with Gasteiger partial charge in [0.2, 0.25) is 0 Å². The van der Waals surface area contributed by atoms with Crippen molar-refractivity contribution in [2.45, 2.75) is 38.8 Å². The van der Waals surface area contributed by atoms with Crippen molar-refractivity contribution in [3.05, 3.63) is 34.1 Å². The number of nitrogens with zero attached hydrogens (tertiary/aromatic N) is 1. The van der Waals surface area contributed by atoms with Crippen molar-refractivity contribution in [1.82, 2.24) is 4.90 Å². The van der Waals surface area contributed by atoms with Gasteiger partial charge in [-0.05, 0) is 56.8 Å². The van der Waals surface area contributed by atoms with E-state index in [4.69, 9.17) is 5.73 Å². The maximum absolute atomic E-state index is 13.8. The average molecular weight is 329 g/mol. The molecule has 3 atom stereocenters. The molecule has 0 unspecified atom stereocenters. The van der Waals surface area contributed by atoms with Crippen molar-refractivity contribution in [3.8, 4) is 0 Å². The van der Waals surface area contributed by atoms with E-state index in [-0.39, 0.29) is 11.9 Å². The average Bonchev–Trinajstić information content (AvgIpc) is 2.82. The van der Waals surface area contributed by atoms with Crippen molar-refractivity contribution in [3.63, 3.8) is 0 Å². The van der Waals surface area contributed by atoms with E-state index in [0.717, 1.165) is 36.0 Å². The van der Waals surface area contributed by atoms with Gasteiger partial charge in [0.1, 0.15) is 5.82 Å². The fourth-order valence-electron chi connectivity index (χ4n) is 2.78. The molecule has 1 aliphatic rings. The van der Waals surface area contributed by atoms with Gasteiger partial charge in [-0.1, -0.05) is 22.0 Å². The van der Waals surface area contributed by atoms with E-state index < -0.39 is 0 Å². The summed E-state index contributed by atoms with van der Waals surface area (Å²) in [5.74, 6) is 0.460. The molecule has 106 valence electrons. The lowest BCUT2D eigenvalue weighted by Crippen LogP contribution is -2.35. The van der Waals surface area contributed by atoms with Gasteiger partial charge in [0, 0.05) is 23.1 Å². The van der Waals surface area contributed by atoms with Gasteiger partial charge >= 0.3 is 0 Å². The summed E-state index contributed by atoms with van der Waals surface area (Å²) in [6.07, 6.45) is 1.91. The van der Waals surface area contributed by atoms with Crippen LogP contribution in [0.25, 0.3) is 0 Å². The van der Waals surface area contributed by atoms with E-state index in [1.165, 1.54) is 6.07 Å². The minimum Gasteiger partial charge on any atom is -0.328 e. The number of halogens is 2. The number of benzene rings is 1. The molecule has 0 aliphatic carbocycles. The van der Waals surface area contributed by atoms with Gasteiger partial charge in [-0.3, -0.25) is 4.90 Å². The van der Waals surface area contributed by atoms with Crippen LogP contribution in [0.5, 0.6) is 0 Å². The molecular formula is C15H22BrFN2. The molecule has 2 N–H and O–H groups in total. The van der Waals surface area contributed by atoms with Crippen LogP contribution in [0.3, 0.4) is 0 Å². The van der Waals surface area contributed by atoms with Crippen molar-refractivity contribution < 1.29 is 4.39 Å². The lowest BCUT2D eigenvalue weighted by atomic mass is 10.0. The number of likely N-dealkylation sites (tertiary alicyclic amines) is 1. The Morgan fingerprint density at radius 3 is 2.79 bits per heavy atom. The molecular weight excluding hydrogens is 307 g/mol. The summed E-state index contributed by atoms with van der Waals surface area (Å²) in [5.41, 5.74) is 6.75. The molecule has 1 aromatic carbocycles. The molecule has 1 fully saturated rings. The highest BCUT2D eigenvalue weighted by Gasteiger charge is 2.28. The minimum atomic E-state index is -0.121. The number of hydrogen-bond donors (Lipinski definition) is 1. The topological polar surface area (TPSA) is 29.3 Å². The molecule has 1 saturated heterocycles.